The molecule has 2 nitrogen and oxygen atoms in total. The highest BCUT2D eigenvalue weighted by atomic mass is 35.5. The molecule has 2 aromatic carbocycles. The molecule has 0 aliphatic carbocycles. The Balaban J connectivity index is 2.18. The minimum absolute atomic E-state index is 0.0753. The van der Waals surface area contributed by atoms with E-state index in [0.29, 0.717) is 24.5 Å². The molecule has 110 valence electrons. The highest BCUT2D eigenvalue weighted by Gasteiger charge is 2.15. The Morgan fingerprint density at radius 3 is 2.52 bits per heavy atom. The van der Waals surface area contributed by atoms with E-state index >= 15 is 0 Å². The van der Waals surface area contributed by atoms with Crippen molar-refractivity contribution in [2.24, 2.45) is 0 Å². The van der Waals surface area contributed by atoms with Gasteiger partial charge in [-0.15, -0.1) is 11.6 Å². The lowest BCUT2D eigenvalue weighted by atomic mass is 10.1. The highest BCUT2D eigenvalue weighted by Crippen LogP contribution is 2.13. The Kier molecular flexibility index (Phi) is 5.34. The van der Waals surface area contributed by atoms with Gasteiger partial charge in [-0.2, -0.15) is 0 Å². The van der Waals surface area contributed by atoms with Gasteiger partial charge in [0.05, 0.1) is 0 Å². The van der Waals surface area contributed by atoms with Crippen LogP contribution in [0.2, 0.25) is 0 Å². The van der Waals surface area contributed by atoms with Crippen LogP contribution in [0, 0.1) is 5.82 Å². The number of nitrogens with zero attached hydrogens (tertiary/aromatic N) is 1. The van der Waals surface area contributed by atoms with Crippen molar-refractivity contribution in [3.8, 4) is 0 Å². The Hall–Kier alpha value is -1.87. The van der Waals surface area contributed by atoms with Crippen molar-refractivity contribution in [3.63, 3.8) is 0 Å². The summed E-state index contributed by atoms with van der Waals surface area (Å²) in [5.41, 5.74) is 2.29. The Morgan fingerprint density at radius 2 is 1.86 bits per heavy atom. The molecular formula is C17H17ClFNO. The quantitative estimate of drug-likeness (QED) is 0.757. The molecule has 0 saturated heterocycles. The summed E-state index contributed by atoms with van der Waals surface area (Å²) in [6.07, 6.45) is 0. The third-order valence-corrected chi connectivity index (χ3v) is 3.57. The van der Waals surface area contributed by atoms with Crippen LogP contribution in [0.5, 0.6) is 0 Å². The topological polar surface area (TPSA) is 20.3 Å². The lowest BCUT2D eigenvalue weighted by molar-refractivity contribution is 0.0752. The van der Waals surface area contributed by atoms with E-state index in [-0.39, 0.29) is 11.7 Å². The number of hydrogen-bond donors (Lipinski definition) is 0. The van der Waals surface area contributed by atoms with Crippen molar-refractivity contribution in [3.05, 3.63) is 71.0 Å². The fraction of sp³-hybridized carbons (Fsp3) is 0.235. The minimum Gasteiger partial charge on any atom is -0.335 e. The second-order valence-electron chi connectivity index (χ2n) is 4.78. The number of carbonyl (C=O) groups excluding carboxylic acids is 1. The van der Waals surface area contributed by atoms with Crippen LogP contribution in [0.1, 0.15) is 28.4 Å². The van der Waals surface area contributed by atoms with E-state index in [4.69, 9.17) is 11.6 Å². The molecule has 0 N–H and O–H groups in total. The zero-order valence-corrected chi connectivity index (χ0v) is 12.6. The number of halogens is 2. The second-order valence-corrected chi connectivity index (χ2v) is 5.05. The summed E-state index contributed by atoms with van der Waals surface area (Å²) in [6, 6.07) is 13.6. The number of carbonyl (C=O) groups is 1. The van der Waals surface area contributed by atoms with Gasteiger partial charge < -0.3 is 4.90 Å². The summed E-state index contributed by atoms with van der Waals surface area (Å²) in [4.78, 5) is 14.2. The summed E-state index contributed by atoms with van der Waals surface area (Å²) in [6.45, 7) is 2.85. The monoisotopic (exact) mass is 305 g/mol. The molecule has 0 bridgehead atoms. The molecular weight excluding hydrogens is 289 g/mol. The summed E-state index contributed by atoms with van der Waals surface area (Å²) in [7, 11) is 0. The molecule has 0 atom stereocenters. The number of hydrogen-bond acceptors (Lipinski definition) is 1. The number of alkyl halides is 1. The van der Waals surface area contributed by atoms with Gasteiger partial charge >= 0.3 is 0 Å². The number of benzene rings is 2. The SMILES string of the molecule is CCN(Cc1cccc(F)c1)C(=O)c1cccc(CCl)c1. The van der Waals surface area contributed by atoms with Gasteiger partial charge in [0.15, 0.2) is 0 Å². The fourth-order valence-electron chi connectivity index (χ4n) is 2.15. The molecule has 0 unspecified atom stereocenters. The minimum atomic E-state index is -0.292. The van der Waals surface area contributed by atoms with E-state index in [9.17, 15) is 9.18 Å². The van der Waals surface area contributed by atoms with E-state index in [0.717, 1.165) is 11.1 Å². The second kappa shape index (κ2) is 7.23. The zero-order chi connectivity index (χ0) is 15.2. The van der Waals surface area contributed by atoms with Gasteiger partial charge in [0.1, 0.15) is 5.82 Å². The van der Waals surface area contributed by atoms with Gasteiger partial charge in [-0.05, 0) is 42.3 Å². The highest BCUT2D eigenvalue weighted by molar-refractivity contribution is 6.17. The van der Waals surface area contributed by atoms with Crippen molar-refractivity contribution in [2.45, 2.75) is 19.3 Å². The maximum absolute atomic E-state index is 13.2. The van der Waals surface area contributed by atoms with Gasteiger partial charge in [-0.3, -0.25) is 4.79 Å². The van der Waals surface area contributed by atoms with Gasteiger partial charge in [-0.25, -0.2) is 4.39 Å². The van der Waals surface area contributed by atoms with Crippen molar-refractivity contribution < 1.29 is 9.18 Å². The molecule has 0 aliphatic rings. The summed E-state index contributed by atoms with van der Waals surface area (Å²) < 4.78 is 13.2. The number of amides is 1. The molecule has 21 heavy (non-hydrogen) atoms. The van der Waals surface area contributed by atoms with Gasteiger partial charge in [0.25, 0.3) is 5.91 Å². The van der Waals surface area contributed by atoms with Crippen LogP contribution in [0.25, 0.3) is 0 Å². The molecule has 4 heteroatoms. The molecule has 0 aromatic heterocycles. The zero-order valence-electron chi connectivity index (χ0n) is 11.9. The molecule has 0 heterocycles. The molecule has 0 fully saturated rings. The largest absolute Gasteiger partial charge is 0.335 e. The van der Waals surface area contributed by atoms with Crippen molar-refractivity contribution >= 4 is 17.5 Å². The lowest BCUT2D eigenvalue weighted by Crippen LogP contribution is -2.30. The summed E-state index contributed by atoms with van der Waals surface area (Å²) in [5.74, 6) is 0.00537. The predicted octanol–water partition coefficient (Wildman–Crippen LogP) is 4.23. The first-order valence-corrected chi connectivity index (χ1v) is 7.36. The first kappa shape index (κ1) is 15.5. The Bertz CT molecular complexity index is 630. The summed E-state index contributed by atoms with van der Waals surface area (Å²) >= 11 is 5.80. The van der Waals surface area contributed by atoms with Gasteiger partial charge in [0, 0.05) is 24.5 Å². The van der Waals surface area contributed by atoms with Crippen molar-refractivity contribution in [2.75, 3.05) is 6.54 Å². The lowest BCUT2D eigenvalue weighted by Gasteiger charge is -2.21. The van der Waals surface area contributed by atoms with Gasteiger partial charge in [-0.1, -0.05) is 24.3 Å². The van der Waals surface area contributed by atoms with Crippen LogP contribution in [-0.4, -0.2) is 17.4 Å². The third kappa shape index (κ3) is 4.05. The Morgan fingerprint density at radius 1 is 1.14 bits per heavy atom. The van der Waals surface area contributed by atoms with Crippen LogP contribution in [0.4, 0.5) is 4.39 Å². The van der Waals surface area contributed by atoms with Crippen LogP contribution in [0.3, 0.4) is 0 Å². The maximum Gasteiger partial charge on any atom is 0.254 e. The molecule has 1 amide bonds. The molecule has 2 rings (SSSR count). The molecule has 2 aromatic rings. The van der Waals surface area contributed by atoms with Crippen LogP contribution < -0.4 is 0 Å². The van der Waals surface area contributed by atoms with E-state index in [2.05, 4.69) is 0 Å². The summed E-state index contributed by atoms with van der Waals surface area (Å²) in [5, 5.41) is 0. The molecule has 0 aliphatic heterocycles. The van der Waals surface area contributed by atoms with E-state index < -0.39 is 0 Å². The average molecular weight is 306 g/mol. The first-order valence-electron chi connectivity index (χ1n) is 6.82. The van der Waals surface area contributed by atoms with Crippen LogP contribution in [-0.2, 0) is 12.4 Å². The van der Waals surface area contributed by atoms with Crippen LogP contribution >= 0.6 is 11.6 Å². The van der Waals surface area contributed by atoms with E-state index in [1.807, 2.05) is 25.1 Å². The third-order valence-electron chi connectivity index (χ3n) is 3.26. The maximum atomic E-state index is 13.2. The smallest absolute Gasteiger partial charge is 0.254 e. The van der Waals surface area contributed by atoms with E-state index in [1.54, 1.807) is 23.1 Å². The standard InChI is InChI=1S/C17H17ClFNO/c1-2-20(12-14-6-4-8-16(19)10-14)17(21)15-7-3-5-13(9-15)11-18/h3-10H,2,11-12H2,1H3. The van der Waals surface area contributed by atoms with Crippen LogP contribution in [0.15, 0.2) is 48.5 Å². The molecule has 0 spiro atoms. The average Bonchev–Trinajstić information content (AvgIpc) is 2.52. The molecule has 0 radical (unpaired) electrons. The fourth-order valence-corrected chi connectivity index (χ4v) is 2.32. The van der Waals surface area contributed by atoms with Crippen molar-refractivity contribution in [1.29, 1.82) is 0 Å². The Labute approximate surface area is 129 Å². The van der Waals surface area contributed by atoms with E-state index in [1.165, 1.54) is 12.1 Å². The van der Waals surface area contributed by atoms with Gasteiger partial charge in [0.2, 0.25) is 0 Å². The first-order chi connectivity index (χ1) is 10.1. The number of rotatable bonds is 5. The van der Waals surface area contributed by atoms with Crippen molar-refractivity contribution in [1.82, 2.24) is 4.90 Å². The molecule has 0 saturated carbocycles. The predicted molar refractivity (Wildman–Crippen MR) is 82.8 cm³/mol. The normalized spacial score (nSPS) is 10.4.